The second kappa shape index (κ2) is 4.61. The predicted octanol–water partition coefficient (Wildman–Crippen LogP) is 2.79. The van der Waals surface area contributed by atoms with Gasteiger partial charge in [-0.25, -0.2) is 0 Å². The second-order valence-corrected chi connectivity index (χ2v) is 3.24. The molecule has 2 rings (SSSR count). The zero-order valence-corrected chi connectivity index (χ0v) is 7.97. The first-order valence-corrected chi connectivity index (χ1v) is 4.85. The summed E-state index contributed by atoms with van der Waals surface area (Å²) < 4.78 is 5.40. The number of rotatable bonds is 2. The summed E-state index contributed by atoms with van der Waals surface area (Å²) in [5, 5.41) is 0. The Hall–Kier alpha value is -1.57. The lowest BCUT2D eigenvalue weighted by Crippen LogP contribution is -2.08. The van der Waals surface area contributed by atoms with Crippen LogP contribution in [0, 0.1) is 0 Å². The molecule has 0 spiro atoms. The maximum Gasteiger partial charge on any atom is 0.117 e. The van der Waals surface area contributed by atoms with E-state index in [1.165, 1.54) is 0 Å². The molecule has 0 aliphatic carbocycles. The minimum atomic E-state index is 0.210. The summed E-state index contributed by atoms with van der Waals surface area (Å²) in [6.07, 6.45) is 12.0. The summed E-state index contributed by atoms with van der Waals surface area (Å²) in [5.74, 6) is 0. The monoisotopic (exact) mass is 187 g/mol. The predicted molar refractivity (Wildman–Crippen MR) is 56.5 cm³/mol. The van der Waals surface area contributed by atoms with Crippen LogP contribution in [0.5, 0.6) is 0 Å². The third kappa shape index (κ3) is 2.46. The summed E-state index contributed by atoms with van der Waals surface area (Å²) in [6.45, 7) is 0. The SMILES string of the molecule is C1=CO[C@H](/C=C\c2ccccn2)CC1. The highest BCUT2D eigenvalue weighted by Crippen LogP contribution is 2.12. The summed E-state index contributed by atoms with van der Waals surface area (Å²) in [5.41, 5.74) is 0.977. The molecule has 1 aliphatic rings. The third-order valence-electron chi connectivity index (χ3n) is 2.14. The highest BCUT2D eigenvalue weighted by molar-refractivity contribution is 5.44. The van der Waals surface area contributed by atoms with Gasteiger partial charge in [-0.15, -0.1) is 0 Å². The van der Waals surface area contributed by atoms with Crippen LogP contribution >= 0.6 is 0 Å². The van der Waals surface area contributed by atoms with Gasteiger partial charge in [-0.2, -0.15) is 0 Å². The van der Waals surface area contributed by atoms with Crippen molar-refractivity contribution in [1.82, 2.24) is 4.98 Å². The highest BCUT2D eigenvalue weighted by Gasteiger charge is 2.05. The van der Waals surface area contributed by atoms with Crippen LogP contribution < -0.4 is 0 Å². The van der Waals surface area contributed by atoms with Crippen molar-refractivity contribution in [2.45, 2.75) is 18.9 Å². The molecule has 1 aromatic heterocycles. The second-order valence-electron chi connectivity index (χ2n) is 3.24. The molecule has 2 heteroatoms. The zero-order chi connectivity index (χ0) is 9.64. The number of nitrogens with zero attached hydrogens (tertiary/aromatic N) is 1. The van der Waals surface area contributed by atoms with E-state index in [1.807, 2.05) is 30.4 Å². The van der Waals surface area contributed by atoms with Crippen LogP contribution in [0.15, 0.2) is 42.8 Å². The molecule has 1 aliphatic heterocycles. The summed E-state index contributed by atoms with van der Waals surface area (Å²) >= 11 is 0. The van der Waals surface area contributed by atoms with E-state index in [0.717, 1.165) is 18.5 Å². The van der Waals surface area contributed by atoms with E-state index in [9.17, 15) is 0 Å². The van der Waals surface area contributed by atoms with Gasteiger partial charge in [0.25, 0.3) is 0 Å². The standard InChI is InChI=1S/C12H13NO/c1-3-9-13-11(5-1)7-8-12-6-2-4-10-14-12/h1,3-5,7-10,12H,2,6H2/b8-7-/t12-/m0/s1. The number of aromatic nitrogens is 1. The van der Waals surface area contributed by atoms with Gasteiger partial charge in [0.05, 0.1) is 12.0 Å². The van der Waals surface area contributed by atoms with Crippen molar-refractivity contribution in [2.75, 3.05) is 0 Å². The number of ether oxygens (including phenoxy) is 1. The van der Waals surface area contributed by atoms with E-state index in [4.69, 9.17) is 4.74 Å². The van der Waals surface area contributed by atoms with Gasteiger partial charge >= 0.3 is 0 Å². The van der Waals surface area contributed by atoms with Gasteiger partial charge in [-0.3, -0.25) is 4.98 Å². The van der Waals surface area contributed by atoms with E-state index in [2.05, 4.69) is 11.1 Å². The molecular formula is C12H13NO. The number of pyridine rings is 1. The molecule has 2 heterocycles. The third-order valence-corrected chi connectivity index (χ3v) is 2.14. The van der Waals surface area contributed by atoms with E-state index in [0.29, 0.717) is 0 Å². The van der Waals surface area contributed by atoms with Crippen LogP contribution in [0.2, 0.25) is 0 Å². The minimum Gasteiger partial charge on any atom is -0.494 e. The number of hydrogen-bond acceptors (Lipinski definition) is 2. The van der Waals surface area contributed by atoms with Crippen molar-refractivity contribution in [3.05, 3.63) is 48.5 Å². The topological polar surface area (TPSA) is 22.1 Å². The van der Waals surface area contributed by atoms with Crippen molar-refractivity contribution >= 4 is 6.08 Å². The lowest BCUT2D eigenvalue weighted by molar-refractivity contribution is 0.166. The fourth-order valence-corrected chi connectivity index (χ4v) is 1.38. The molecule has 0 bridgehead atoms. The normalized spacial score (nSPS) is 21.0. The van der Waals surface area contributed by atoms with Gasteiger partial charge in [0.15, 0.2) is 0 Å². The first-order chi connectivity index (χ1) is 6.95. The summed E-state index contributed by atoms with van der Waals surface area (Å²) in [6, 6.07) is 5.88. The molecule has 0 unspecified atom stereocenters. The van der Waals surface area contributed by atoms with Crippen LogP contribution in [-0.2, 0) is 4.74 Å². The van der Waals surface area contributed by atoms with Crippen LogP contribution in [0.1, 0.15) is 18.5 Å². The zero-order valence-electron chi connectivity index (χ0n) is 7.97. The molecule has 72 valence electrons. The van der Waals surface area contributed by atoms with Gasteiger partial charge in [0.2, 0.25) is 0 Å². The Morgan fingerprint density at radius 3 is 3.14 bits per heavy atom. The van der Waals surface area contributed by atoms with Gasteiger partial charge < -0.3 is 4.74 Å². The Morgan fingerprint density at radius 1 is 1.43 bits per heavy atom. The molecule has 0 saturated heterocycles. The maximum absolute atomic E-state index is 5.40. The smallest absolute Gasteiger partial charge is 0.117 e. The number of hydrogen-bond donors (Lipinski definition) is 0. The largest absolute Gasteiger partial charge is 0.494 e. The van der Waals surface area contributed by atoms with Crippen molar-refractivity contribution in [2.24, 2.45) is 0 Å². The van der Waals surface area contributed by atoms with Crippen LogP contribution in [0.25, 0.3) is 6.08 Å². The fraction of sp³-hybridized carbons (Fsp3) is 0.250. The Kier molecular flexibility index (Phi) is 2.96. The van der Waals surface area contributed by atoms with E-state index in [1.54, 1.807) is 12.5 Å². The van der Waals surface area contributed by atoms with E-state index in [-0.39, 0.29) is 6.10 Å². The molecule has 2 nitrogen and oxygen atoms in total. The van der Waals surface area contributed by atoms with Gasteiger partial charge in [-0.05, 0) is 43.2 Å². The van der Waals surface area contributed by atoms with E-state index < -0.39 is 0 Å². The van der Waals surface area contributed by atoms with Crippen molar-refractivity contribution in [3.63, 3.8) is 0 Å². The number of allylic oxidation sites excluding steroid dienone is 1. The van der Waals surface area contributed by atoms with Crippen molar-refractivity contribution in [3.8, 4) is 0 Å². The highest BCUT2D eigenvalue weighted by atomic mass is 16.5. The molecule has 0 amide bonds. The van der Waals surface area contributed by atoms with E-state index >= 15 is 0 Å². The molecule has 0 N–H and O–H groups in total. The molecule has 14 heavy (non-hydrogen) atoms. The first-order valence-electron chi connectivity index (χ1n) is 4.85. The molecule has 0 aromatic carbocycles. The molecule has 1 aromatic rings. The Balaban J connectivity index is 1.97. The lowest BCUT2D eigenvalue weighted by atomic mass is 10.1. The summed E-state index contributed by atoms with van der Waals surface area (Å²) in [7, 11) is 0. The average molecular weight is 187 g/mol. The molecule has 0 radical (unpaired) electrons. The van der Waals surface area contributed by atoms with Gasteiger partial charge in [-0.1, -0.05) is 6.07 Å². The van der Waals surface area contributed by atoms with Gasteiger partial charge in [0, 0.05) is 6.20 Å². The fourth-order valence-electron chi connectivity index (χ4n) is 1.38. The van der Waals surface area contributed by atoms with Crippen LogP contribution in [0.3, 0.4) is 0 Å². The Morgan fingerprint density at radius 2 is 2.43 bits per heavy atom. The average Bonchev–Trinajstić information content (AvgIpc) is 2.29. The minimum absolute atomic E-state index is 0.210. The quantitative estimate of drug-likeness (QED) is 0.710. The Bertz CT molecular complexity index is 329. The molecule has 0 saturated carbocycles. The van der Waals surface area contributed by atoms with Crippen molar-refractivity contribution in [1.29, 1.82) is 0 Å². The van der Waals surface area contributed by atoms with Gasteiger partial charge in [0.1, 0.15) is 6.10 Å². The van der Waals surface area contributed by atoms with Crippen LogP contribution in [-0.4, -0.2) is 11.1 Å². The first kappa shape index (κ1) is 9.00. The summed E-state index contributed by atoms with van der Waals surface area (Å²) in [4.78, 5) is 4.20. The van der Waals surface area contributed by atoms with Crippen LogP contribution in [0.4, 0.5) is 0 Å². The lowest BCUT2D eigenvalue weighted by Gasteiger charge is -2.14. The molecule has 1 atom stereocenters. The Labute approximate surface area is 83.9 Å². The van der Waals surface area contributed by atoms with Crippen molar-refractivity contribution < 1.29 is 4.74 Å². The molecule has 0 fully saturated rings. The maximum atomic E-state index is 5.40. The molecular weight excluding hydrogens is 174 g/mol.